The number of benzene rings is 2. The molecule has 1 fully saturated rings. The minimum absolute atomic E-state index is 0.208. The molecule has 3 aliphatic rings. The first kappa shape index (κ1) is 27.3. The van der Waals surface area contributed by atoms with Gasteiger partial charge in [-0.15, -0.1) is 16.4 Å². The van der Waals surface area contributed by atoms with Gasteiger partial charge in [-0.2, -0.15) is 0 Å². The lowest BCUT2D eigenvalue weighted by Crippen LogP contribution is -2.46. The fourth-order valence-electron chi connectivity index (χ4n) is 5.65. The SMILES string of the molecule is O=C1/C=C/C(=O)ON2C(=O)C(Cc3ccc(OCCCCCN4CCCN(c5cccc6sccc56)CC4)cc32)O1. The lowest BCUT2D eigenvalue weighted by molar-refractivity contribution is -0.156. The van der Waals surface area contributed by atoms with Gasteiger partial charge in [0.25, 0.3) is 0 Å². The minimum atomic E-state index is -1.04. The van der Waals surface area contributed by atoms with Crippen molar-refractivity contribution in [1.29, 1.82) is 0 Å². The third-order valence-electron chi connectivity index (χ3n) is 7.74. The van der Waals surface area contributed by atoms with Crippen LogP contribution in [-0.4, -0.2) is 68.2 Å². The van der Waals surface area contributed by atoms with E-state index in [-0.39, 0.29) is 6.42 Å². The van der Waals surface area contributed by atoms with E-state index in [0.29, 0.717) is 18.0 Å². The van der Waals surface area contributed by atoms with E-state index in [2.05, 4.69) is 39.4 Å². The fraction of sp³-hybridized carbons (Fsp3) is 0.387. The highest BCUT2D eigenvalue weighted by Gasteiger charge is 2.38. The molecule has 1 unspecified atom stereocenters. The maximum absolute atomic E-state index is 12.8. The fourth-order valence-corrected chi connectivity index (χ4v) is 6.45. The van der Waals surface area contributed by atoms with E-state index in [0.717, 1.165) is 81.2 Å². The molecule has 1 aromatic heterocycles. The zero-order valence-corrected chi connectivity index (χ0v) is 23.6. The summed E-state index contributed by atoms with van der Waals surface area (Å²) in [5.41, 5.74) is 2.51. The van der Waals surface area contributed by atoms with Gasteiger partial charge in [-0.3, -0.25) is 4.79 Å². The molecule has 214 valence electrons. The minimum Gasteiger partial charge on any atom is -0.494 e. The van der Waals surface area contributed by atoms with Gasteiger partial charge in [-0.25, -0.2) is 9.59 Å². The van der Waals surface area contributed by atoms with Crippen molar-refractivity contribution in [2.24, 2.45) is 0 Å². The number of carbonyl (C=O) groups excluding carboxylic acids is 3. The van der Waals surface area contributed by atoms with Crippen molar-refractivity contribution in [3.63, 3.8) is 0 Å². The number of unbranched alkanes of at least 4 members (excludes halogenated alkanes) is 2. The Bertz CT molecular complexity index is 1470. The van der Waals surface area contributed by atoms with Crippen molar-refractivity contribution in [3.05, 3.63) is 65.6 Å². The second-order valence-electron chi connectivity index (χ2n) is 10.5. The topological polar surface area (TPSA) is 88.6 Å². The highest BCUT2D eigenvalue weighted by molar-refractivity contribution is 7.17. The largest absolute Gasteiger partial charge is 0.494 e. The van der Waals surface area contributed by atoms with Gasteiger partial charge >= 0.3 is 17.8 Å². The Morgan fingerprint density at radius 1 is 0.902 bits per heavy atom. The van der Waals surface area contributed by atoms with E-state index >= 15 is 0 Å². The van der Waals surface area contributed by atoms with E-state index < -0.39 is 23.9 Å². The molecule has 2 aromatic carbocycles. The van der Waals surface area contributed by atoms with E-state index in [9.17, 15) is 14.4 Å². The van der Waals surface area contributed by atoms with Gasteiger partial charge in [-0.05, 0) is 74.0 Å². The maximum atomic E-state index is 12.8. The summed E-state index contributed by atoms with van der Waals surface area (Å²) >= 11 is 1.80. The van der Waals surface area contributed by atoms with Crippen molar-refractivity contribution >= 4 is 50.6 Å². The molecule has 4 heterocycles. The van der Waals surface area contributed by atoms with Crippen LogP contribution in [0.15, 0.2) is 60.0 Å². The Morgan fingerprint density at radius 3 is 2.73 bits per heavy atom. The van der Waals surface area contributed by atoms with Crippen LogP contribution in [0.25, 0.3) is 10.1 Å². The molecule has 1 amide bonds. The average Bonchev–Trinajstić information content (AvgIpc) is 3.35. The molecule has 3 aromatic rings. The molecule has 6 rings (SSSR count). The number of hydroxylamine groups is 1. The van der Waals surface area contributed by atoms with Crippen molar-refractivity contribution in [2.75, 3.05) is 49.3 Å². The standard InChI is InChI=1S/C31H33N3O6S/c35-29-10-11-30(36)40-34-26-21-23(9-8-22(26)20-27(39-29)31(34)37)38-18-3-1-2-13-32-14-5-15-33(17-16-32)25-6-4-7-28-24(25)12-19-41-28/h4,6-12,19,21,27H,1-3,5,13-18,20H2/b11-10+. The third kappa shape index (κ3) is 6.23. The number of carbonyl (C=O) groups is 3. The number of rotatable bonds is 8. The molecule has 0 spiro atoms. The molecule has 9 nitrogen and oxygen atoms in total. The lowest BCUT2D eigenvalue weighted by Gasteiger charge is -2.31. The number of thiophene rings is 1. The van der Waals surface area contributed by atoms with Gasteiger partial charge in [0.05, 0.1) is 12.3 Å². The van der Waals surface area contributed by atoms with Crippen LogP contribution in [0.3, 0.4) is 0 Å². The van der Waals surface area contributed by atoms with Crippen LogP contribution in [0.4, 0.5) is 11.4 Å². The van der Waals surface area contributed by atoms with E-state index in [4.69, 9.17) is 14.3 Å². The van der Waals surface area contributed by atoms with E-state index in [1.165, 1.54) is 15.8 Å². The monoisotopic (exact) mass is 575 g/mol. The highest BCUT2D eigenvalue weighted by atomic mass is 32.1. The van der Waals surface area contributed by atoms with Gasteiger partial charge in [-0.1, -0.05) is 12.1 Å². The Labute approximate surface area is 242 Å². The van der Waals surface area contributed by atoms with Crippen molar-refractivity contribution < 1.29 is 28.7 Å². The summed E-state index contributed by atoms with van der Waals surface area (Å²) in [4.78, 5) is 47.0. The molecule has 1 atom stereocenters. The van der Waals surface area contributed by atoms with Crippen LogP contribution in [0.2, 0.25) is 0 Å². The van der Waals surface area contributed by atoms with Crippen LogP contribution in [0, 0.1) is 0 Å². The number of esters is 1. The zero-order chi connectivity index (χ0) is 28.2. The number of amides is 1. The quantitative estimate of drug-likeness (QED) is 0.287. The van der Waals surface area contributed by atoms with Crippen LogP contribution >= 0.6 is 11.3 Å². The van der Waals surface area contributed by atoms with Crippen LogP contribution in [0.5, 0.6) is 5.75 Å². The molecular weight excluding hydrogens is 542 g/mol. The molecule has 3 aliphatic heterocycles. The first-order chi connectivity index (χ1) is 20.0. The molecule has 41 heavy (non-hydrogen) atoms. The van der Waals surface area contributed by atoms with Gasteiger partial charge < -0.3 is 24.1 Å². The summed E-state index contributed by atoms with van der Waals surface area (Å²) in [6.07, 6.45) is 5.32. The molecule has 0 saturated carbocycles. The highest BCUT2D eigenvalue weighted by Crippen LogP contribution is 2.34. The normalized spacial score (nSPS) is 20.4. The number of ether oxygens (including phenoxy) is 2. The van der Waals surface area contributed by atoms with Crippen molar-refractivity contribution in [3.8, 4) is 5.75 Å². The van der Waals surface area contributed by atoms with E-state index in [1.54, 1.807) is 17.4 Å². The predicted octanol–water partition coefficient (Wildman–Crippen LogP) is 4.49. The average molecular weight is 576 g/mol. The number of anilines is 2. The number of fused-ring (bicyclic) bond motifs is 5. The smallest absolute Gasteiger partial charge is 0.356 e. The molecule has 0 radical (unpaired) electrons. The maximum Gasteiger partial charge on any atom is 0.356 e. The second kappa shape index (κ2) is 12.3. The van der Waals surface area contributed by atoms with Gasteiger partial charge in [0, 0.05) is 60.0 Å². The number of hydrogen-bond donors (Lipinski definition) is 0. The van der Waals surface area contributed by atoms with E-state index in [1.807, 2.05) is 12.1 Å². The third-order valence-corrected chi connectivity index (χ3v) is 8.62. The number of nitrogens with zero attached hydrogens (tertiary/aromatic N) is 3. The Balaban J connectivity index is 0.960. The first-order valence-corrected chi connectivity index (χ1v) is 15.1. The van der Waals surface area contributed by atoms with Crippen molar-refractivity contribution in [2.45, 2.75) is 38.2 Å². The Kier molecular flexibility index (Phi) is 8.20. The molecule has 0 N–H and O–H groups in total. The molecule has 0 aliphatic carbocycles. The molecule has 1 saturated heterocycles. The van der Waals surface area contributed by atoms with Crippen molar-refractivity contribution in [1.82, 2.24) is 4.90 Å². The van der Waals surface area contributed by atoms with Gasteiger partial charge in [0.1, 0.15) is 5.75 Å². The van der Waals surface area contributed by atoms with Crippen LogP contribution < -0.4 is 14.7 Å². The lowest BCUT2D eigenvalue weighted by atomic mass is 10.00. The van der Waals surface area contributed by atoms with Gasteiger partial charge in [0.15, 0.2) is 6.10 Å². The summed E-state index contributed by atoms with van der Waals surface area (Å²) < 4.78 is 12.5. The second-order valence-corrected chi connectivity index (χ2v) is 11.4. The predicted molar refractivity (Wildman–Crippen MR) is 157 cm³/mol. The molecule has 10 heteroatoms. The molecule has 2 bridgehead atoms. The summed E-state index contributed by atoms with van der Waals surface area (Å²) in [5, 5.41) is 4.45. The van der Waals surface area contributed by atoms with Crippen LogP contribution in [-0.2, 0) is 30.4 Å². The number of hydrogen-bond acceptors (Lipinski definition) is 9. The summed E-state index contributed by atoms with van der Waals surface area (Å²) in [7, 11) is 0. The summed E-state index contributed by atoms with van der Waals surface area (Å²) in [6, 6.07) is 14.2. The summed E-state index contributed by atoms with van der Waals surface area (Å²) in [6.45, 7) is 5.96. The molecular formula is C31H33N3O6S. The van der Waals surface area contributed by atoms with Crippen LogP contribution in [0.1, 0.15) is 31.2 Å². The van der Waals surface area contributed by atoms with Gasteiger partial charge in [0.2, 0.25) is 0 Å². The Morgan fingerprint density at radius 2 is 1.80 bits per heavy atom. The Hall–Kier alpha value is -3.89. The first-order valence-electron chi connectivity index (χ1n) is 14.2. The summed E-state index contributed by atoms with van der Waals surface area (Å²) in [5.74, 6) is -1.59. The zero-order valence-electron chi connectivity index (χ0n) is 22.8.